The molecule has 1 saturated heterocycles. The third kappa shape index (κ3) is 3.41. The maximum absolute atomic E-state index is 5.85. The Morgan fingerprint density at radius 1 is 1.38 bits per heavy atom. The highest BCUT2D eigenvalue weighted by Gasteiger charge is 2.28. The largest absolute Gasteiger partial charge is 0.311 e. The van der Waals surface area contributed by atoms with Crippen molar-refractivity contribution in [3.8, 4) is 0 Å². The number of rotatable bonds is 4. The molecule has 1 nitrogen and oxygen atoms in total. The average Bonchev–Trinajstić information content (AvgIpc) is 2.69. The van der Waals surface area contributed by atoms with E-state index in [-0.39, 0.29) is 0 Å². The Kier molecular flexibility index (Phi) is 4.17. The first-order valence-electron chi connectivity index (χ1n) is 5.77. The van der Waals surface area contributed by atoms with Gasteiger partial charge in [0, 0.05) is 22.9 Å². The van der Waals surface area contributed by atoms with E-state index in [0.29, 0.717) is 4.75 Å². The van der Waals surface area contributed by atoms with Gasteiger partial charge in [0.2, 0.25) is 0 Å². The third-order valence-corrected chi connectivity index (χ3v) is 4.83. The maximum Gasteiger partial charge on any atom is 0.0406 e. The SMILES string of the molecule is CC1(CNCc2ccc(Cl)cc2)CCCS1. The molecule has 1 aromatic rings. The number of halogens is 1. The van der Waals surface area contributed by atoms with Gasteiger partial charge >= 0.3 is 0 Å². The van der Waals surface area contributed by atoms with Gasteiger partial charge in [0.25, 0.3) is 0 Å². The van der Waals surface area contributed by atoms with Gasteiger partial charge in [-0.2, -0.15) is 11.8 Å². The topological polar surface area (TPSA) is 12.0 Å². The van der Waals surface area contributed by atoms with Crippen molar-refractivity contribution in [1.82, 2.24) is 5.32 Å². The summed E-state index contributed by atoms with van der Waals surface area (Å²) in [7, 11) is 0. The molecule has 1 atom stereocenters. The van der Waals surface area contributed by atoms with Gasteiger partial charge in [-0.05, 0) is 43.2 Å². The number of benzene rings is 1. The Bertz CT molecular complexity index is 330. The van der Waals surface area contributed by atoms with Crippen LogP contribution in [0, 0.1) is 0 Å². The molecule has 1 aliphatic heterocycles. The van der Waals surface area contributed by atoms with Gasteiger partial charge in [-0.25, -0.2) is 0 Å². The van der Waals surface area contributed by atoms with E-state index in [2.05, 4.69) is 36.1 Å². The molecule has 0 amide bonds. The smallest absolute Gasteiger partial charge is 0.0406 e. The molecule has 16 heavy (non-hydrogen) atoms. The summed E-state index contributed by atoms with van der Waals surface area (Å²) >= 11 is 7.95. The molecule has 0 spiro atoms. The Morgan fingerprint density at radius 2 is 2.12 bits per heavy atom. The van der Waals surface area contributed by atoms with Gasteiger partial charge in [0.05, 0.1) is 0 Å². The van der Waals surface area contributed by atoms with E-state index in [1.54, 1.807) is 0 Å². The Balaban J connectivity index is 1.77. The Morgan fingerprint density at radius 3 is 2.75 bits per heavy atom. The summed E-state index contributed by atoms with van der Waals surface area (Å²) in [5.74, 6) is 1.32. The molecule has 0 radical (unpaired) electrons. The van der Waals surface area contributed by atoms with Crippen molar-refractivity contribution in [3.63, 3.8) is 0 Å². The zero-order valence-electron chi connectivity index (χ0n) is 9.63. The predicted octanol–water partition coefficient (Wildman–Crippen LogP) is 3.72. The number of nitrogens with one attached hydrogen (secondary N) is 1. The fourth-order valence-electron chi connectivity index (χ4n) is 2.05. The van der Waals surface area contributed by atoms with Crippen LogP contribution in [0.5, 0.6) is 0 Å². The number of hydrogen-bond donors (Lipinski definition) is 1. The summed E-state index contributed by atoms with van der Waals surface area (Å²) in [6, 6.07) is 8.06. The standard InChI is InChI=1S/C13H18ClNS/c1-13(7-2-8-16-13)10-15-9-11-3-5-12(14)6-4-11/h3-6,15H,2,7-10H2,1H3. The van der Waals surface area contributed by atoms with Crippen molar-refractivity contribution < 1.29 is 0 Å². The highest BCUT2D eigenvalue weighted by atomic mass is 35.5. The van der Waals surface area contributed by atoms with Gasteiger partial charge in [0.15, 0.2) is 0 Å². The van der Waals surface area contributed by atoms with Crippen molar-refractivity contribution in [2.75, 3.05) is 12.3 Å². The zero-order chi connectivity index (χ0) is 11.4. The Labute approximate surface area is 107 Å². The molecule has 88 valence electrons. The van der Waals surface area contributed by atoms with Crippen molar-refractivity contribution >= 4 is 23.4 Å². The lowest BCUT2D eigenvalue weighted by molar-refractivity contribution is 0.537. The predicted molar refractivity (Wildman–Crippen MR) is 73.3 cm³/mol. The van der Waals surface area contributed by atoms with E-state index in [0.717, 1.165) is 18.1 Å². The minimum Gasteiger partial charge on any atom is -0.311 e. The van der Waals surface area contributed by atoms with Crippen LogP contribution in [0.25, 0.3) is 0 Å². The van der Waals surface area contributed by atoms with Crippen molar-refractivity contribution in [1.29, 1.82) is 0 Å². The fraction of sp³-hybridized carbons (Fsp3) is 0.538. The fourth-order valence-corrected chi connectivity index (χ4v) is 3.45. The molecular formula is C13H18ClNS. The highest BCUT2D eigenvalue weighted by Crippen LogP contribution is 2.36. The normalized spacial score (nSPS) is 24.9. The number of hydrogen-bond acceptors (Lipinski definition) is 2. The van der Waals surface area contributed by atoms with Crippen LogP contribution in [-0.4, -0.2) is 17.0 Å². The maximum atomic E-state index is 5.85. The summed E-state index contributed by atoms with van der Waals surface area (Å²) in [5.41, 5.74) is 1.30. The molecule has 2 rings (SSSR count). The zero-order valence-corrected chi connectivity index (χ0v) is 11.2. The van der Waals surface area contributed by atoms with Crippen LogP contribution in [-0.2, 0) is 6.54 Å². The Hall–Kier alpha value is -0.180. The lowest BCUT2D eigenvalue weighted by Crippen LogP contribution is -2.32. The second kappa shape index (κ2) is 5.44. The van der Waals surface area contributed by atoms with Crippen molar-refractivity contribution in [2.45, 2.75) is 31.1 Å². The minimum absolute atomic E-state index is 0.451. The van der Waals surface area contributed by atoms with Gasteiger partial charge in [-0.15, -0.1) is 0 Å². The lowest BCUT2D eigenvalue weighted by Gasteiger charge is -2.23. The summed E-state index contributed by atoms with van der Waals surface area (Å²) < 4.78 is 0.451. The first-order valence-corrected chi connectivity index (χ1v) is 7.13. The molecule has 0 aliphatic carbocycles. The summed E-state index contributed by atoms with van der Waals surface area (Å²) in [4.78, 5) is 0. The van der Waals surface area contributed by atoms with Crippen LogP contribution in [0.2, 0.25) is 5.02 Å². The molecule has 1 fully saturated rings. The molecule has 1 aliphatic rings. The van der Waals surface area contributed by atoms with E-state index in [1.165, 1.54) is 24.2 Å². The number of thioether (sulfide) groups is 1. The van der Waals surface area contributed by atoms with Crippen LogP contribution in [0.3, 0.4) is 0 Å². The molecule has 1 heterocycles. The summed E-state index contributed by atoms with van der Waals surface area (Å²) in [6.07, 6.45) is 2.70. The van der Waals surface area contributed by atoms with E-state index in [9.17, 15) is 0 Å². The second-order valence-electron chi connectivity index (χ2n) is 4.63. The molecule has 0 aromatic heterocycles. The highest BCUT2D eigenvalue weighted by molar-refractivity contribution is 8.00. The monoisotopic (exact) mass is 255 g/mol. The van der Waals surface area contributed by atoms with Crippen LogP contribution >= 0.6 is 23.4 Å². The quantitative estimate of drug-likeness (QED) is 0.880. The van der Waals surface area contributed by atoms with E-state index < -0.39 is 0 Å². The van der Waals surface area contributed by atoms with Crippen LogP contribution in [0.4, 0.5) is 0 Å². The van der Waals surface area contributed by atoms with Gasteiger partial charge in [-0.3, -0.25) is 0 Å². The van der Waals surface area contributed by atoms with E-state index in [4.69, 9.17) is 11.6 Å². The van der Waals surface area contributed by atoms with Crippen LogP contribution < -0.4 is 5.32 Å². The molecule has 3 heteroatoms. The molecule has 1 aromatic carbocycles. The molecule has 1 N–H and O–H groups in total. The second-order valence-corrected chi connectivity index (χ2v) is 6.75. The summed E-state index contributed by atoms with van der Waals surface area (Å²) in [5, 5.41) is 4.35. The average molecular weight is 256 g/mol. The van der Waals surface area contributed by atoms with Crippen molar-refractivity contribution in [2.24, 2.45) is 0 Å². The first-order chi connectivity index (χ1) is 7.68. The van der Waals surface area contributed by atoms with Gasteiger partial charge in [0.1, 0.15) is 0 Å². The lowest BCUT2D eigenvalue weighted by atomic mass is 10.1. The summed E-state index contributed by atoms with van der Waals surface area (Å²) in [6.45, 7) is 4.40. The van der Waals surface area contributed by atoms with Gasteiger partial charge < -0.3 is 5.32 Å². The van der Waals surface area contributed by atoms with Gasteiger partial charge in [-0.1, -0.05) is 23.7 Å². The molecule has 0 bridgehead atoms. The van der Waals surface area contributed by atoms with Crippen LogP contribution in [0.1, 0.15) is 25.3 Å². The minimum atomic E-state index is 0.451. The van der Waals surface area contributed by atoms with Crippen LogP contribution in [0.15, 0.2) is 24.3 Å². The van der Waals surface area contributed by atoms with E-state index in [1.807, 2.05) is 12.1 Å². The van der Waals surface area contributed by atoms with E-state index >= 15 is 0 Å². The molecule has 0 saturated carbocycles. The first kappa shape index (κ1) is 12.3. The van der Waals surface area contributed by atoms with Crippen molar-refractivity contribution in [3.05, 3.63) is 34.9 Å². The molecular weight excluding hydrogens is 238 g/mol. The third-order valence-electron chi connectivity index (χ3n) is 3.04. The molecule has 1 unspecified atom stereocenters.